The summed E-state index contributed by atoms with van der Waals surface area (Å²) in [7, 11) is 0. The Morgan fingerprint density at radius 1 is 1.23 bits per heavy atom. The van der Waals surface area contributed by atoms with Crippen LogP contribution >= 0.6 is 11.6 Å². The fourth-order valence-corrected chi connectivity index (χ4v) is 3.83. The van der Waals surface area contributed by atoms with Gasteiger partial charge in [0, 0.05) is 36.3 Å². The molecule has 1 aliphatic rings. The van der Waals surface area contributed by atoms with E-state index in [1.54, 1.807) is 36.5 Å². The van der Waals surface area contributed by atoms with Crippen LogP contribution in [0.4, 0.5) is 10.2 Å². The number of benzene rings is 2. The molecule has 0 bridgehead atoms. The molecule has 8 heteroatoms. The van der Waals surface area contributed by atoms with Gasteiger partial charge in [-0.05, 0) is 42.7 Å². The van der Waals surface area contributed by atoms with Gasteiger partial charge in [-0.3, -0.25) is 4.79 Å². The molecule has 0 spiro atoms. The number of hydrogen-bond acceptors (Lipinski definition) is 5. The Morgan fingerprint density at radius 2 is 2.00 bits per heavy atom. The molecule has 0 unspecified atom stereocenters. The fourth-order valence-electron chi connectivity index (χ4n) is 3.62. The third kappa shape index (κ3) is 4.84. The van der Waals surface area contributed by atoms with Crippen LogP contribution in [-0.4, -0.2) is 29.1 Å². The quantitative estimate of drug-likeness (QED) is 0.615. The van der Waals surface area contributed by atoms with Crippen molar-refractivity contribution in [3.63, 3.8) is 0 Å². The second kappa shape index (κ2) is 9.41. The van der Waals surface area contributed by atoms with Crippen molar-refractivity contribution in [2.45, 2.75) is 25.3 Å². The zero-order valence-corrected chi connectivity index (χ0v) is 17.5. The monoisotopic (exact) mass is 440 g/mol. The fraction of sp³-hybridized carbons (Fsp3) is 0.261. The summed E-state index contributed by atoms with van der Waals surface area (Å²) in [5.41, 5.74) is 7.89. The molecule has 6 nitrogen and oxygen atoms in total. The van der Waals surface area contributed by atoms with Crippen LogP contribution in [-0.2, 0) is 11.3 Å². The molecule has 0 atom stereocenters. The van der Waals surface area contributed by atoms with Gasteiger partial charge in [0.05, 0.1) is 17.5 Å². The lowest BCUT2D eigenvalue weighted by atomic mass is 9.96. The first-order valence-corrected chi connectivity index (χ1v) is 10.4. The smallest absolute Gasteiger partial charge is 0.254 e. The highest BCUT2D eigenvalue weighted by Gasteiger charge is 2.22. The molecular formula is C23H22ClFN4O2. The van der Waals surface area contributed by atoms with Gasteiger partial charge in [-0.25, -0.2) is 14.4 Å². The van der Waals surface area contributed by atoms with Gasteiger partial charge in [0.25, 0.3) is 5.91 Å². The molecule has 1 fully saturated rings. The topological polar surface area (TPSA) is 90.1 Å². The Morgan fingerprint density at radius 3 is 2.77 bits per heavy atom. The average Bonchev–Trinajstić information content (AvgIpc) is 2.79. The number of nitrogen functional groups attached to an aromatic ring is 1. The molecule has 0 saturated carbocycles. The number of nitrogens with zero attached hydrogens (tertiary/aromatic N) is 2. The first-order valence-electron chi connectivity index (χ1n) is 10.0. The number of anilines is 1. The number of nitrogens with one attached hydrogen (secondary N) is 1. The predicted octanol–water partition coefficient (Wildman–Crippen LogP) is 4.34. The molecule has 2 heterocycles. The number of halogens is 2. The van der Waals surface area contributed by atoms with E-state index in [0.717, 1.165) is 24.1 Å². The lowest BCUT2D eigenvalue weighted by Crippen LogP contribution is -2.24. The number of carbonyl (C=O) groups excluding carboxylic acids is 1. The molecule has 31 heavy (non-hydrogen) atoms. The van der Waals surface area contributed by atoms with E-state index in [-0.39, 0.29) is 35.1 Å². The van der Waals surface area contributed by atoms with Gasteiger partial charge < -0.3 is 15.8 Å². The normalized spacial score (nSPS) is 14.4. The minimum atomic E-state index is -0.684. The van der Waals surface area contributed by atoms with E-state index in [1.807, 2.05) is 6.07 Å². The highest BCUT2D eigenvalue weighted by atomic mass is 35.5. The Balaban J connectivity index is 1.59. The lowest BCUT2D eigenvalue weighted by Gasteiger charge is -2.22. The van der Waals surface area contributed by atoms with E-state index in [1.165, 1.54) is 6.07 Å². The lowest BCUT2D eigenvalue weighted by molar-refractivity contribution is 0.0844. The van der Waals surface area contributed by atoms with Gasteiger partial charge in [-0.2, -0.15) is 0 Å². The first-order chi connectivity index (χ1) is 15.0. The van der Waals surface area contributed by atoms with Crippen molar-refractivity contribution in [2.24, 2.45) is 0 Å². The van der Waals surface area contributed by atoms with Crippen LogP contribution in [0, 0.1) is 5.82 Å². The molecular weight excluding hydrogens is 419 g/mol. The number of rotatable bonds is 5. The summed E-state index contributed by atoms with van der Waals surface area (Å²) in [4.78, 5) is 21.5. The van der Waals surface area contributed by atoms with E-state index in [2.05, 4.69) is 15.3 Å². The maximum Gasteiger partial charge on any atom is 0.254 e. The zero-order valence-electron chi connectivity index (χ0n) is 16.8. The third-order valence-electron chi connectivity index (χ3n) is 5.30. The summed E-state index contributed by atoms with van der Waals surface area (Å²) in [5, 5.41) is 3.29. The predicted molar refractivity (Wildman–Crippen MR) is 117 cm³/mol. The Hall–Kier alpha value is -3.03. The van der Waals surface area contributed by atoms with Crippen molar-refractivity contribution in [2.75, 3.05) is 18.9 Å². The van der Waals surface area contributed by atoms with Gasteiger partial charge in [0.1, 0.15) is 17.3 Å². The van der Waals surface area contributed by atoms with Gasteiger partial charge >= 0.3 is 0 Å². The SMILES string of the molecule is Nc1ncc(C2CCOCC2)nc1-c1cccc(C(=O)NCc2cccc(Cl)c2)c1F. The van der Waals surface area contributed by atoms with Crippen LogP contribution in [0.1, 0.15) is 40.4 Å². The highest BCUT2D eigenvalue weighted by Crippen LogP contribution is 2.31. The average molecular weight is 441 g/mol. The summed E-state index contributed by atoms with van der Waals surface area (Å²) in [6.45, 7) is 1.54. The maximum absolute atomic E-state index is 15.3. The maximum atomic E-state index is 15.3. The van der Waals surface area contributed by atoms with Crippen LogP contribution in [0.2, 0.25) is 5.02 Å². The van der Waals surface area contributed by atoms with Crippen molar-refractivity contribution >= 4 is 23.3 Å². The number of nitrogens with two attached hydrogens (primary N) is 1. The Bertz CT molecular complexity index is 1100. The minimum Gasteiger partial charge on any atom is -0.382 e. The summed E-state index contributed by atoms with van der Waals surface area (Å²) < 4.78 is 20.7. The molecule has 3 N–H and O–H groups in total. The van der Waals surface area contributed by atoms with E-state index in [9.17, 15) is 4.79 Å². The van der Waals surface area contributed by atoms with Crippen LogP contribution in [0.3, 0.4) is 0 Å². The summed E-state index contributed by atoms with van der Waals surface area (Å²) in [6.07, 6.45) is 3.28. The van der Waals surface area contributed by atoms with Crippen molar-refractivity contribution in [3.8, 4) is 11.3 Å². The molecule has 1 amide bonds. The molecule has 1 aromatic heterocycles. The van der Waals surface area contributed by atoms with E-state index in [0.29, 0.717) is 18.2 Å². The summed E-state index contributed by atoms with van der Waals surface area (Å²) in [5.74, 6) is -0.915. The molecule has 1 saturated heterocycles. The zero-order chi connectivity index (χ0) is 21.8. The molecule has 0 radical (unpaired) electrons. The van der Waals surface area contributed by atoms with Crippen molar-refractivity contribution in [1.82, 2.24) is 15.3 Å². The van der Waals surface area contributed by atoms with Crippen molar-refractivity contribution in [3.05, 3.63) is 76.3 Å². The largest absolute Gasteiger partial charge is 0.382 e. The Labute approximate surface area is 184 Å². The highest BCUT2D eigenvalue weighted by molar-refractivity contribution is 6.30. The first kappa shape index (κ1) is 21.2. The number of carbonyl (C=O) groups is 1. The van der Waals surface area contributed by atoms with E-state index < -0.39 is 11.7 Å². The minimum absolute atomic E-state index is 0.0859. The van der Waals surface area contributed by atoms with Crippen LogP contribution < -0.4 is 11.1 Å². The number of hydrogen-bond donors (Lipinski definition) is 2. The molecule has 0 aliphatic carbocycles. The van der Waals surface area contributed by atoms with E-state index >= 15 is 4.39 Å². The van der Waals surface area contributed by atoms with Gasteiger partial charge in [0.2, 0.25) is 0 Å². The number of ether oxygens (including phenoxy) is 1. The van der Waals surface area contributed by atoms with Crippen LogP contribution in [0.15, 0.2) is 48.7 Å². The number of aromatic nitrogens is 2. The summed E-state index contributed by atoms with van der Waals surface area (Å²) in [6, 6.07) is 11.7. The molecule has 4 rings (SSSR count). The summed E-state index contributed by atoms with van der Waals surface area (Å²) >= 11 is 5.97. The van der Waals surface area contributed by atoms with E-state index in [4.69, 9.17) is 22.1 Å². The third-order valence-corrected chi connectivity index (χ3v) is 5.53. The Kier molecular flexibility index (Phi) is 6.44. The van der Waals surface area contributed by atoms with Gasteiger partial charge in [-0.15, -0.1) is 0 Å². The van der Waals surface area contributed by atoms with Gasteiger partial charge in [-0.1, -0.05) is 29.8 Å². The second-order valence-electron chi connectivity index (χ2n) is 7.40. The number of amides is 1. The molecule has 2 aromatic carbocycles. The van der Waals surface area contributed by atoms with Gasteiger partial charge in [0.15, 0.2) is 0 Å². The van der Waals surface area contributed by atoms with Crippen LogP contribution in [0.25, 0.3) is 11.3 Å². The molecule has 160 valence electrons. The van der Waals surface area contributed by atoms with Crippen molar-refractivity contribution in [1.29, 1.82) is 0 Å². The molecule has 3 aromatic rings. The van der Waals surface area contributed by atoms with Crippen LogP contribution in [0.5, 0.6) is 0 Å². The van der Waals surface area contributed by atoms with Crippen molar-refractivity contribution < 1.29 is 13.9 Å². The second-order valence-corrected chi connectivity index (χ2v) is 7.83. The molecule has 1 aliphatic heterocycles. The standard InChI is InChI=1S/C23H22ClFN4O2/c24-16-4-1-3-14(11-16)12-28-23(30)18-6-2-5-17(20(18)25)21-22(26)27-13-19(29-21)15-7-9-31-10-8-15/h1-6,11,13,15H,7-10,12H2,(H2,26,27)(H,28,30).